The molecule has 0 atom stereocenters. The molecule has 1 N–H and O–H groups in total. The Hall–Kier alpha value is -3.27. The van der Waals surface area contributed by atoms with Crippen LogP contribution in [0.3, 0.4) is 0 Å². The summed E-state index contributed by atoms with van der Waals surface area (Å²) in [7, 11) is 0. The first-order chi connectivity index (χ1) is 13.7. The second kappa shape index (κ2) is 9.60. The highest BCUT2D eigenvalue weighted by Gasteiger charge is 2.09. The molecule has 0 amide bonds. The summed E-state index contributed by atoms with van der Waals surface area (Å²) in [6, 6.07) is 25.3. The van der Waals surface area contributed by atoms with Gasteiger partial charge in [0, 0.05) is 18.8 Å². The van der Waals surface area contributed by atoms with Crippen molar-refractivity contribution in [3.63, 3.8) is 0 Å². The monoisotopic (exact) mass is 375 g/mol. The highest BCUT2D eigenvalue weighted by Crippen LogP contribution is 2.22. The van der Waals surface area contributed by atoms with Crippen molar-refractivity contribution in [3.05, 3.63) is 95.6 Å². The van der Waals surface area contributed by atoms with E-state index in [1.807, 2.05) is 48.5 Å². The lowest BCUT2D eigenvalue weighted by Gasteiger charge is -2.24. The molecule has 0 unspecified atom stereocenters. The Balaban J connectivity index is 1.65. The van der Waals surface area contributed by atoms with Crippen molar-refractivity contribution >= 4 is 11.7 Å². The van der Waals surface area contributed by atoms with E-state index in [0.29, 0.717) is 12.2 Å². The van der Waals surface area contributed by atoms with Gasteiger partial charge in [-0.3, -0.25) is 0 Å². The normalized spacial score (nSPS) is 10.5. The standard InChI is InChI=1S/C24H25NO3/c1-2-25(22-14-12-21(13-15-22)24(26)27)17-16-20-10-6-7-11-23(20)28-18-19-8-4-3-5-9-19/h3-15H,2,16-18H2,1H3,(H,26,27). The summed E-state index contributed by atoms with van der Waals surface area (Å²) < 4.78 is 6.05. The number of anilines is 1. The van der Waals surface area contributed by atoms with Crippen LogP contribution < -0.4 is 9.64 Å². The molecule has 28 heavy (non-hydrogen) atoms. The Morgan fingerprint density at radius 1 is 0.929 bits per heavy atom. The van der Waals surface area contributed by atoms with Crippen LogP contribution in [-0.4, -0.2) is 24.2 Å². The first kappa shape index (κ1) is 19.5. The average Bonchev–Trinajstić information content (AvgIpc) is 2.74. The Labute approximate surface area is 166 Å². The van der Waals surface area contributed by atoms with Crippen LogP contribution in [0.15, 0.2) is 78.9 Å². The quantitative estimate of drug-likeness (QED) is 0.570. The molecule has 144 valence electrons. The van der Waals surface area contributed by atoms with Crippen molar-refractivity contribution in [2.24, 2.45) is 0 Å². The van der Waals surface area contributed by atoms with Crippen molar-refractivity contribution in [1.29, 1.82) is 0 Å². The Kier molecular flexibility index (Phi) is 6.68. The number of carboxylic acids is 1. The van der Waals surface area contributed by atoms with Gasteiger partial charge in [-0.25, -0.2) is 4.79 Å². The molecule has 0 saturated carbocycles. The molecule has 0 fully saturated rings. The number of benzene rings is 3. The molecule has 0 aliphatic carbocycles. The molecule has 0 spiro atoms. The lowest BCUT2D eigenvalue weighted by molar-refractivity contribution is 0.0697. The summed E-state index contributed by atoms with van der Waals surface area (Å²) in [5.41, 5.74) is 3.64. The predicted molar refractivity (Wildman–Crippen MR) is 112 cm³/mol. The summed E-state index contributed by atoms with van der Waals surface area (Å²) in [5.74, 6) is 0.00252. The smallest absolute Gasteiger partial charge is 0.335 e. The van der Waals surface area contributed by atoms with E-state index in [-0.39, 0.29) is 0 Å². The van der Waals surface area contributed by atoms with E-state index >= 15 is 0 Å². The van der Waals surface area contributed by atoms with E-state index in [4.69, 9.17) is 9.84 Å². The Morgan fingerprint density at radius 3 is 2.29 bits per heavy atom. The molecule has 0 saturated heterocycles. The molecule has 0 aromatic heterocycles. The number of rotatable bonds is 9. The summed E-state index contributed by atoms with van der Waals surface area (Å²) in [6.07, 6.45) is 0.847. The number of carbonyl (C=O) groups is 1. The summed E-state index contributed by atoms with van der Waals surface area (Å²) >= 11 is 0. The number of carboxylic acid groups (broad SMARTS) is 1. The molecule has 0 bridgehead atoms. The van der Waals surface area contributed by atoms with Crippen molar-refractivity contribution in [1.82, 2.24) is 0 Å². The van der Waals surface area contributed by atoms with E-state index in [2.05, 4.69) is 30.0 Å². The van der Waals surface area contributed by atoms with Crippen LogP contribution in [0.5, 0.6) is 5.75 Å². The second-order valence-electron chi connectivity index (χ2n) is 6.56. The number of ether oxygens (including phenoxy) is 1. The fourth-order valence-corrected chi connectivity index (χ4v) is 3.13. The van der Waals surface area contributed by atoms with Gasteiger partial charge in [-0.1, -0.05) is 48.5 Å². The van der Waals surface area contributed by atoms with Crippen LogP contribution >= 0.6 is 0 Å². The van der Waals surface area contributed by atoms with Crippen molar-refractivity contribution < 1.29 is 14.6 Å². The van der Waals surface area contributed by atoms with Crippen molar-refractivity contribution in [2.45, 2.75) is 20.0 Å². The van der Waals surface area contributed by atoms with Crippen LogP contribution in [0.25, 0.3) is 0 Å². The predicted octanol–water partition coefficient (Wildman–Crippen LogP) is 5.03. The zero-order valence-electron chi connectivity index (χ0n) is 16.0. The minimum absolute atomic E-state index is 0.305. The van der Waals surface area contributed by atoms with E-state index < -0.39 is 5.97 Å². The first-order valence-corrected chi connectivity index (χ1v) is 9.50. The van der Waals surface area contributed by atoms with E-state index in [9.17, 15) is 4.79 Å². The van der Waals surface area contributed by atoms with Gasteiger partial charge >= 0.3 is 5.97 Å². The Morgan fingerprint density at radius 2 is 1.61 bits per heavy atom. The van der Waals surface area contributed by atoms with Gasteiger partial charge in [0.1, 0.15) is 12.4 Å². The third-order valence-electron chi connectivity index (χ3n) is 4.72. The lowest BCUT2D eigenvalue weighted by Crippen LogP contribution is -2.25. The van der Waals surface area contributed by atoms with Gasteiger partial charge in [0.05, 0.1) is 5.56 Å². The number of likely N-dealkylation sites (N-methyl/N-ethyl adjacent to an activating group) is 1. The third-order valence-corrected chi connectivity index (χ3v) is 4.72. The number of hydrogen-bond acceptors (Lipinski definition) is 3. The van der Waals surface area contributed by atoms with Crippen molar-refractivity contribution in [3.8, 4) is 5.75 Å². The SMILES string of the molecule is CCN(CCc1ccccc1OCc1ccccc1)c1ccc(C(=O)O)cc1. The molecule has 0 aliphatic rings. The first-order valence-electron chi connectivity index (χ1n) is 9.50. The molecule has 0 aliphatic heterocycles. The molecule has 4 nitrogen and oxygen atoms in total. The lowest BCUT2D eigenvalue weighted by atomic mass is 10.1. The average molecular weight is 375 g/mol. The van der Waals surface area contributed by atoms with Crippen molar-refractivity contribution in [2.75, 3.05) is 18.0 Å². The molecular weight excluding hydrogens is 350 g/mol. The fourth-order valence-electron chi connectivity index (χ4n) is 3.13. The molecule has 3 aromatic carbocycles. The largest absolute Gasteiger partial charge is 0.489 e. The zero-order chi connectivity index (χ0) is 19.8. The van der Waals surface area contributed by atoms with E-state index in [0.717, 1.165) is 36.5 Å². The second-order valence-corrected chi connectivity index (χ2v) is 6.56. The minimum Gasteiger partial charge on any atom is -0.489 e. The van der Waals surface area contributed by atoms with Crippen LogP contribution in [0.4, 0.5) is 5.69 Å². The van der Waals surface area contributed by atoms with Gasteiger partial charge in [0.2, 0.25) is 0 Å². The highest BCUT2D eigenvalue weighted by molar-refractivity contribution is 5.88. The number of nitrogens with zero attached hydrogens (tertiary/aromatic N) is 1. The van der Waals surface area contributed by atoms with E-state index in [1.54, 1.807) is 12.1 Å². The van der Waals surface area contributed by atoms with Gasteiger partial charge in [-0.05, 0) is 54.8 Å². The third kappa shape index (κ3) is 5.13. The van der Waals surface area contributed by atoms with E-state index in [1.165, 1.54) is 5.56 Å². The van der Waals surface area contributed by atoms with Gasteiger partial charge < -0.3 is 14.7 Å². The molecule has 0 heterocycles. The number of para-hydroxylation sites is 1. The van der Waals surface area contributed by atoms with Gasteiger partial charge in [0.25, 0.3) is 0 Å². The van der Waals surface area contributed by atoms with Gasteiger partial charge in [-0.2, -0.15) is 0 Å². The fraction of sp³-hybridized carbons (Fsp3) is 0.208. The van der Waals surface area contributed by atoms with Gasteiger partial charge in [0.15, 0.2) is 0 Å². The summed E-state index contributed by atoms with van der Waals surface area (Å²) in [6.45, 7) is 4.32. The number of aromatic carboxylic acids is 1. The van der Waals surface area contributed by atoms with Crippen LogP contribution in [0, 0.1) is 0 Å². The molecule has 0 radical (unpaired) electrons. The maximum atomic E-state index is 11.0. The highest BCUT2D eigenvalue weighted by atomic mass is 16.5. The van der Waals surface area contributed by atoms with Crippen LogP contribution in [-0.2, 0) is 13.0 Å². The zero-order valence-corrected chi connectivity index (χ0v) is 16.0. The molecule has 3 aromatic rings. The molecule has 4 heteroatoms. The summed E-state index contributed by atoms with van der Waals surface area (Å²) in [4.78, 5) is 13.3. The minimum atomic E-state index is -0.904. The van der Waals surface area contributed by atoms with Crippen LogP contribution in [0.1, 0.15) is 28.4 Å². The van der Waals surface area contributed by atoms with Crippen LogP contribution in [0.2, 0.25) is 0 Å². The van der Waals surface area contributed by atoms with Gasteiger partial charge in [-0.15, -0.1) is 0 Å². The topological polar surface area (TPSA) is 49.8 Å². The maximum absolute atomic E-state index is 11.0. The maximum Gasteiger partial charge on any atom is 0.335 e. The number of hydrogen-bond donors (Lipinski definition) is 1. The molecule has 3 rings (SSSR count). The molecular formula is C24H25NO3. The Bertz CT molecular complexity index is 891. The summed E-state index contributed by atoms with van der Waals surface area (Å²) in [5, 5.41) is 9.06.